The van der Waals surface area contributed by atoms with E-state index in [-0.39, 0.29) is 17.9 Å². The fourth-order valence-corrected chi connectivity index (χ4v) is 4.45. The average molecular weight is 553 g/mol. The van der Waals surface area contributed by atoms with Gasteiger partial charge in [-0.05, 0) is 95.0 Å². The topological polar surface area (TPSA) is 133 Å². The lowest BCUT2D eigenvalue weighted by atomic mass is 9.85. The maximum Gasteiger partial charge on any atom is 0.407 e. The second-order valence-corrected chi connectivity index (χ2v) is 10.9. The normalized spacial score (nSPS) is 16.4. The highest BCUT2D eigenvalue weighted by Gasteiger charge is 2.28. The lowest BCUT2D eigenvalue weighted by molar-refractivity contribution is -0.120. The van der Waals surface area contributed by atoms with Crippen LogP contribution in [-0.2, 0) is 9.53 Å². The summed E-state index contributed by atoms with van der Waals surface area (Å²) in [5.41, 5.74) is 0.958. The van der Waals surface area contributed by atoms with Crippen LogP contribution < -0.4 is 20.1 Å². The second-order valence-electron chi connectivity index (χ2n) is 10.9. The molecule has 4 rings (SSSR count). The lowest BCUT2D eigenvalue weighted by Gasteiger charge is -2.29. The first-order valence-corrected chi connectivity index (χ1v) is 13.4. The molecule has 1 fully saturated rings. The minimum absolute atomic E-state index is 0.0366. The molecule has 1 aliphatic rings. The van der Waals surface area contributed by atoms with Crippen LogP contribution in [0.3, 0.4) is 0 Å². The summed E-state index contributed by atoms with van der Waals surface area (Å²) in [6.07, 6.45) is 2.16. The van der Waals surface area contributed by atoms with Gasteiger partial charge in [0.1, 0.15) is 28.6 Å². The van der Waals surface area contributed by atoms with Crippen molar-refractivity contribution in [1.29, 1.82) is 10.5 Å². The van der Waals surface area contributed by atoms with Crippen molar-refractivity contribution in [2.75, 3.05) is 5.32 Å². The SMILES string of the molecule is CC(C)(C)OC(=O)N[C@H]1CC[C@H](C(=O)Nc2cc(Oc3ccc(C#N)cc3)cc(Oc3ccc(C#N)cc3)c2)CC1. The Kier molecular flexibility index (Phi) is 9.11. The number of nitrogens with one attached hydrogen (secondary N) is 2. The molecule has 0 unspecified atom stereocenters. The van der Waals surface area contributed by atoms with E-state index in [4.69, 9.17) is 24.7 Å². The van der Waals surface area contributed by atoms with Crippen LogP contribution in [-0.4, -0.2) is 23.6 Å². The molecule has 0 aliphatic heterocycles. The number of anilines is 1. The van der Waals surface area contributed by atoms with Crippen LogP contribution in [0.1, 0.15) is 57.6 Å². The molecule has 210 valence electrons. The summed E-state index contributed by atoms with van der Waals surface area (Å²) < 4.78 is 17.4. The average Bonchev–Trinajstić information content (AvgIpc) is 2.93. The van der Waals surface area contributed by atoms with Gasteiger partial charge in [-0.15, -0.1) is 0 Å². The van der Waals surface area contributed by atoms with Crippen molar-refractivity contribution in [3.05, 3.63) is 77.9 Å². The zero-order valence-electron chi connectivity index (χ0n) is 23.3. The first-order chi connectivity index (χ1) is 19.6. The Labute approximate surface area is 239 Å². The van der Waals surface area contributed by atoms with Crippen molar-refractivity contribution >= 4 is 17.7 Å². The standard InChI is InChI=1S/C32H32N4O5/c1-32(2,3)41-31(38)36-24-10-8-23(9-11-24)30(37)35-25-16-28(39-26-12-4-21(19-33)5-13-26)18-29(17-25)40-27-14-6-22(20-34)7-15-27/h4-7,12-18,23-24H,8-11H2,1-3H3,(H,35,37)(H,36,38)/t23-,24-. The Hall–Kier alpha value is -5.02. The predicted octanol–water partition coefficient (Wildman–Crippen LogP) is 7.04. The van der Waals surface area contributed by atoms with E-state index in [0.29, 0.717) is 65.5 Å². The number of nitrogens with zero attached hydrogens (tertiary/aromatic N) is 2. The largest absolute Gasteiger partial charge is 0.457 e. The third kappa shape index (κ3) is 8.74. The van der Waals surface area contributed by atoms with Crippen molar-refractivity contribution in [1.82, 2.24) is 5.32 Å². The highest BCUT2D eigenvalue weighted by Crippen LogP contribution is 2.34. The van der Waals surface area contributed by atoms with Crippen LogP contribution >= 0.6 is 0 Å². The van der Waals surface area contributed by atoms with Crippen LogP contribution in [0.2, 0.25) is 0 Å². The maximum absolute atomic E-state index is 13.2. The number of hydrogen-bond acceptors (Lipinski definition) is 7. The molecule has 41 heavy (non-hydrogen) atoms. The van der Waals surface area contributed by atoms with E-state index in [1.165, 1.54) is 0 Å². The molecule has 0 heterocycles. The van der Waals surface area contributed by atoms with E-state index in [9.17, 15) is 9.59 Å². The minimum Gasteiger partial charge on any atom is -0.457 e. The van der Waals surface area contributed by atoms with Crippen molar-refractivity contribution in [2.24, 2.45) is 5.92 Å². The highest BCUT2D eigenvalue weighted by molar-refractivity contribution is 5.93. The van der Waals surface area contributed by atoms with Crippen molar-refractivity contribution in [3.63, 3.8) is 0 Å². The van der Waals surface area contributed by atoms with Crippen LogP contribution in [0, 0.1) is 28.6 Å². The van der Waals surface area contributed by atoms with Crippen molar-refractivity contribution in [3.8, 4) is 35.1 Å². The van der Waals surface area contributed by atoms with Crippen LogP contribution in [0.4, 0.5) is 10.5 Å². The molecule has 9 heteroatoms. The van der Waals surface area contributed by atoms with Gasteiger partial charge < -0.3 is 24.8 Å². The molecular formula is C32H32N4O5. The molecular weight excluding hydrogens is 520 g/mol. The number of rotatable bonds is 7. The Bertz CT molecular complexity index is 1380. The van der Waals surface area contributed by atoms with Crippen LogP contribution in [0.15, 0.2) is 66.7 Å². The Balaban J connectivity index is 1.45. The first-order valence-electron chi connectivity index (χ1n) is 13.4. The predicted molar refractivity (Wildman–Crippen MR) is 153 cm³/mol. The van der Waals surface area contributed by atoms with E-state index in [1.807, 2.05) is 20.8 Å². The van der Waals surface area contributed by atoms with E-state index in [1.54, 1.807) is 66.7 Å². The smallest absolute Gasteiger partial charge is 0.407 e. The molecule has 0 spiro atoms. The second kappa shape index (κ2) is 12.9. The van der Waals surface area contributed by atoms with E-state index in [2.05, 4.69) is 22.8 Å². The summed E-state index contributed by atoms with van der Waals surface area (Å²) in [5, 5.41) is 24.0. The quantitative estimate of drug-likeness (QED) is 0.321. The van der Waals surface area contributed by atoms with Gasteiger partial charge in [-0.2, -0.15) is 10.5 Å². The number of carbonyl (C=O) groups excluding carboxylic acids is 2. The third-order valence-electron chi connectivity index (χ3n) is 6.40. The number of alkyl carbamates (subject to hydrolysis) is 1. The molecule has 2 amide bonds. The van der Waals surface area contributed by atoms with Crippen molar-refractivity contribution in [2.45, 2.75) is 58.1 Å². The van der Waals surface area contributed by atoms with E-state index >= 15 is 0 Å². The molecule has 1 saturated carbocycles. The molecule has 0 atom stereocenters. The summed E-state index contributed by atoms with van der Waals surface area (Å²) in [7, 11) is 0. The number of amides is 2. The summed E-state index contributed by atoms with van der Waals surface area (Å²) in [4.78, 5) is 25.3. The number of hydrogen-bond donors (Lipinski definition) is 2. The summed E-state index contributed by atoms with van der Waals surface area (Å²) in [6.45, 7) is 5.46. The van der Waals surface area contributed by atoms with Gasteiger partial charge in [0.05, 0.1) is 23.3 Å². The molecule has 0 radical (unpaired) electrons. The van der Waals surface area contributed by atoms with Gasteiger partial charge >= 0.3 is 6.09 Å². The Morgan fingerprint density at radius 3 is 1.68 bits per heavy atom. The van der Waals surface area contributed by atoms with Crippen LogP contribution in [0.5, 0.6) is 23.0 Å². The van der Waals surface area contributed by atoms with Gasteiger partial charge in [-0.25, -0.2) is 4.79 Å². The Morgan fingerprint density at radius 1 is 0.756 bits per heavy atom. The minimum atomic E-state index is -0.567. The van der Waals surface area contributed by atoms with E-state index < -0.39 is 11.7 Å². The van der Waals surface area contributed by atoms with Gasteiger partial charge in [0, 0.05) is 35.8 Å². The van der Waals surface area contributed by atoms with Gasteiger partial charge in [0.2, 0.25) is 5.91 Å². The molecule has 0 bridgehead atoms. The monoisotopic (exact) mass is 552 g/mol. The van der Waals surface area contributed by atoms with Gasteiger partial charge in [-0.1, -0.05) is 0 Å². The van der Waals surface area contributed by atoms with Gasteiger partial charge in [0.25, 0.3) is 0 Å². The Morgan fingerprint density at radius 2 is 1.24 bits per heavy atom. The van der Waals surface area contributed by atoms with E-state index in [0.717, 1.165) is 0 Å². The summed E-state index contributed by atoms with van der Waals surface area (Å²) in [5.74, 6) is 1.57. The van der Waals surface area contributed by atoms with Crippen LogP contribution in [0.25, 0.3) is 0 Å². The summed E-state index contributed by atoms with van der Waals surface area (Å²) >= 11 is 0. The highest BCUT2D eigenvalue weighted by atomic mass is 16.6. The maximum atomic E-state index is 13.2. The zero-order valence-corrected chi connectivity index (χ0v) is 23.3. The molecule has 1 aliphatic carbocycles. The third-order valence-corrected chi connectivity index (χ3v) is 6.40. The molecule has 9 nitrogen and oxygen atoms in total. The molecule has 2 N–H and O–H groups in total. The molecule has 0 aromatic heterocycles. The fraction of sp³-hybridized carbons (Fsp3) is 0.312. The van der Waals surface area contributed by atoms with Gasteiger partial charge in [0.15, 0.2) is 0 Å². The molecule has 3 aromatic carbocycles. The number of ether oxygens (including phenoxy) is 3. The zero-order chi connectivity index (χ0) is 29.4. The first kappa shape index (κ1) is 29.0. The van der Waals surface area contributed by atoms with Gasteiger partial charge in [-0.3, -0.25) is 4.79 Å². The number of carbonyl (C=O) groups is 2. The molecule has 3 aromatic rings. The van der Waals surface area contributed by atoms with Crippen molar-refractivity contribution < 1.29 is 23.8 Å². The lowest BCUT2D eigenvalue weighted by Crippen LogP contribution is -2.42. The number of benzene rings is 3. The number of nitriles is 2. The molecule has 0 saturated heterocycles. The fourth-order valence-electron chi connectivity index (χ4n) is 4.45. The summed E-state index contributed by atoms with van der Waals surface area (Å²) in [6, 6.07) is 22.6.